The number of aromatic nitrogens is 1. The van der Waals surface area contributed by atoms with Crippen LogP contribution in [0, 0.1) is 6.92 Å². The first kappa shape index (κ1) is 12.0. The van der Waals surface area contributed by atoms with Gasteiger partial charge in [-0.3, -0.25) is 4.79 Å². The Morgan fingerprint density at radius 2 is 2.12 bits per heavy atom. The highest BCUT2D eigenvalue weighted by Crippen LogP contribution is 2.28. The molecule has 1 aromatic heterocycles. The molecule has 0 aliphatic carbocycles. The van der Waals surface area contributed by atoms with Gasteiger partial charge in [-0.15, -0.1) is 0 Å². The second-order valence-corrected chi connectivity index (χ2v) is 5.55. The number of aryl methyl sites for hydroxylation is 1. The fraction of sp³-hybridized carbons (Fsp3) is 0.636. The zero-order chi connectivity index (χ0) is 11.5. The Hall–Kier alpha value is -0.420. The number of hydrogen-bond donors (Lipinski definition) is 0. The van der Waals surface area contributed by atoms with Gasteiger partial charge in [0.05, 0.1) is 15.9 Å². The van der Waals surface area contributed by atoms with Crippen molar-refractivity contribution in [3.63, 3.8) is 0 Å². The Morgan fingerprint density at radius 3 is 2.75 bits per heavy atom. The van der Waals surface area contributed by atoms with Crippen LogP contribution < -0.4 is 4.90 Å². The minimum absolute atomic E-state index is 0.137. The first-order valence-corrected chi connectivity index (χ1v) is 7.47. The molecule has 88 valence electrons. The molecule has 3 nitrogen and oxygen atoms in total. The number of anilines is 1. The number of carbonyl (C=O) groups is 1. The molecule has 0 saturated carbocycles. The SMILES string of the molecule is Cc1nc(N2CCCCC2)sc1C(=O)CBr. The average molecular weight is 303 g/mol. The van der Waals surface area contributed by atoms with Crippen LogP contribution in [0.3, 0.4) is 0 Å². The van der Waals surface area contributed by atoms with Crippen molar-refractivity contribution in [2.24, 2.45) is 0 Å². The van der Waals surface area contributed by atoms with Crippen molar-refractivity contribution in [1.82, 2.24) is 4.98 Å². The summed E-state index contributed by atoms with van der Waals surface area (Å²) in [6.45, 7) is 4.07. The van der Waals surface area contributed by atoms with Crippen LogP contribution in [0.2, 0.25) is 0 Å². The van der Waals surface area contributed by atoms with Gasteiger partial charge in [0.1, 0.15) is 0 Å². The number of piperidine rings is 1. The number of thiazole rings is 1. The Balaban J connectivity index is 2.19. The molecule has 16 heavy (non-hydrogen) atoms. The van der Waals surface area contributed by atoms with Crippen LogP contribution in [0.15, 0.2) is 0 Å². The van der Waals surface area contributed by atoms with E-state index in [0.717, 1.165) is 28.8 Å². The third kappa shape index (κ3) is 2.46. The van der Waals surface area contributed by atoms with Gasteiger partial charge < -0.3 is 4.90 Å². The molecule has 1 saturated heterocycles. The van der Waals surface area contributed by atoms with Gasteiger partial charge in [0.25, 0.3) is 0 Å². The normalized spacial score (nSPS) is 16.5. The summed E-state index contributed by atoms with van der Waals surface area (Å²) in [6, 6.07) is 0. The molecule has 0 amide bonds. The monoisotopic (exact) mass is 302 g/mol. The highest BCUT2D eigenvalue weighted by molar-refractivity contribution is 9.09. The van der Waals surface area contributed by atoms with Gasteiger partial charge in [-0.1, -0.05) is 27.3 Å². The van der Waals surface area contributed by atoms with Crippen molar-refractivity contribution in [1.29, 1.82) is 0 Å². The molecule has 0 aromatic carbocycles. The van der Waals surface area contributed by atoms with Gasteiger partial charge in [0, 0.05) is 13.1 Å². The number of hydrogen-bond acceptors (Lipinski definition) is 4. The molecule has 1 aliphatic rings. The molecule has 0 N–H and O–H groups in total. The van der Waals surface area contributed by atoms with Crippen molar-refractivity contribution >= 4 is 38.2 Å². The molecule has 0 bridgehead atoms. The van der Waals surface area contributed by atoms with E-state index in [0.29, 0.717) is 5.33 Å². The lowest BCUT2D eigenvalue weighted by molar-refractivity contribution is 0.102. The minimum atomic E-state index is 0.137. The van der Waals surface area contributed by atoms with E-state index in [9.17, 15) is 4.79 Å². The number of alkyl halides is 1. The summed E-state index contributed by atoms with van der Waals surface area (Å²) < 4.78 is 0. The maximum Gasteiger partial charge on any atom is 0.186 e. The summed E-state index contributed by atoms with van der Waals surface area (Å²) in [7, 11) is 0. The van der Waals surface area contributed by atoms with Gasteiger partial charge in [-0.05, 0) is 26.2 Å². The number of halogens is 1. The van der Waals surface area contributed by atoms with Crippen molar-refractivity contribution in [3.8, 4) is 0 Å². The van der Waals surface area contributed by atoms with Crippen LogP contribution in [0.1, 0.15) is 34.6 Å². The molecule has 2 rings (SSSR count). The lowest BCUT2D eigenvalue weighted by atomic mass is 10.1. The van der Waals surface area contributed by atoms with Crippen molar-refractivity contribution in [2.45, 2.75) is 26.2 Å². The molecule has 0 unspecified atom stereocenters. The van der Waals surface area contributed by atoms with E-state index in [-0.39, 0.29) is 5.78 Å². The van der Waals surface area contributed by atoms with E-state index in [1.54, 1.807) is 0 Å². The zero-order valence-corrected chi connectivity index (χ0v) is 11.7. The van der Waals surface area contributed by atoms with Crippen LogP contribution in [0.5, 0.6) is 0 Å². The summed E-state index contributed by atoms with van der Waals surface area (Å²) in [4.78, 5) is 19.2. The zero-order valence-electron chi connectivity index (χ0n) is 9.33. The maximum absolute atomic E-state index is 11.6. The van der Waals surface area contributed by atoms with Gasteiger partial charge in [0.2, 0.25) is 0 Å². The first-order chi connectivity index (χ1) is 7.72. The van der Waals surface area contributed by atoms with Crippen molar-refractivity contribution in [2.75, 3.05) is 23.3 Å². The van der Waals surface area contributed by atoms with E-state index in [4.69, 9.17) is 0 Å². The second kappa shape index (κ2) is 5.27. The topological polar surface area (TPSA) is 33.2 Å². The molecule has 1 fully saturated rings. The molecular formula is C11H15BrN2OS. The molecule has 0 radical (unpaired) electrons. The number of rotatable bonds is 3. The van der Waals surface area contributed by atoms with Crippen molar-refractivity contribution < 1.29 is 4.79 Å². The summed E-state index contributed by atoms with van der Waals surface area (Å²) in [6.07, 6.45) is 3.79. The fourth-order valence-electron chi connectivity index (χ4n) is 1.92. The summed E-state index contributed by atoms with van der Waals surface area (Å²) >= 11 is 4.74. The predicted octanol–water partition coefficient (Wildman–Crippen LogP) is 3.02. The number of Topliss-reactive ketones (excluding diaryl/α,β-unsaturated/α-hetero) is 1. The largest absolute Gasteiger partial charge is 0.348 e. The van der Waals surface area contributed by atoms with E-state index in [1.807, 2.05) is 6.92 Å². The Labute approximate surface area is 108 Å². The van der Waals surface area contributed by atoms with Crippen LogP contribution in [-0.2, 0) is 0 Å². The first-order valence-electron chi connectivity index (χ1n) is 5.54. The maximum atomic E-state index is 11.6. The van der Waals surface area contributed by atoms with Crippen LogP contribution in [0.4, 0.5) is 5.13 Å². The minimum Gasteiger partial charge on any atom is -0.348 e. The molecule has 2 heterocycles. The van der Waals surface area contributed by atoms with Crippen molar-refractivity contribution in [3.05, 3.63) is 10.6 Å². The van der Waals surface area contributed by atoms with Crippen LogP contribution >= 0.6 is 27.3 Å². The lowest BCUT2D eigenvalue weighted by Crippen LogP contribution is -2.29. The van der Waals surface area contributed by atoms with E-state index in [1.165, 1.54) is 30.6 Å². The summed E-state index contributed by atoms with van der Waals surface area (Å²) in [5, 5.41) is 1.40. The molecule has 0 spiro atoms. The van der Waals surface area contributed by atoms with Gasteiger partial charge in [-0.25, -0.2) is 4.98 Å². The van der Waals surface area contributed by atoms with Gasteiger partial charge in [0.15, 0.2) is 10.9 Å². The third-order valence-corrected chi connectivity index (χ3v) is 4.56. The second-order valence-electron chi connectivity index (χ2n) is 4.02. The molecule has 1 aliphatic heterocycles. The highest BCUT2D eigenvalue weighted by Gasteiger charge is 2.19. The number of nitrogens with zero attached hydrogens (tertiary/aromatic N) is 2. The van der Waals surface area contributed by atoms with Crippen LogP contribution in [0.25, 0.3) is 0 Å². The molecule has 5 heteroatoms. The highest BCUT2D eigenvalue weighted by atomic mass is 79.9. The Morgan fingerprint density at radius 1 is 1.44 bits per heavy atom. The standard InChI is InChI=1S/C11H15BrN2OS/c1-8-10(9(15)7-12)16-11(13-8)14-5-3-2-4-6-14/h2-7H2,1H3. The van der Waals surface area contributed by atoms with E-state index < -0.39 is 0 Å². The molecule has 0 atom stereocenters. The molecular weight excluding hydrogens is 288 g/mol. The van der Waals surface area contributed by atoms with E-state index >= 15 is 0 Å². The summed E-state index contributed by atoms with van der Waals surface area (Å²) in [5.41, 5.74) is 0.870. The predicted molar refractivity (Wildman–Crippen MR) is 71.0 cm³/mol. The Kier molecular flexibility index (Phi) is 3.97. The summed E-state index contributed by atoms with van der Waals surface area (Å²) in [5.74, 6) is 0.137. The van der Waals surface area contributed by atoms with Crippen LogP contribution in [-0.4, -0.2) is 29.2 Å². The van der Waals surface area contributed by atoms with Gasteiger partial charge in [-0.2, -0.15) is 0 Å². The fourth-order valence-corrected chi connectivity index (χ4v) is 3.44. The number of carbonyl (C=O) groups excluding carboxylic acids is 1. The average Bonchev–Trinajstić information content (AvgIpc) is 2.71. The van der Waals surface area contributed by atoms with E-state index in [2.05, 4.69) is 25.8 Å². The quantitative estimate of drug-likeness (QED) is 0.636. The van der Waals surface area contributed by atoms with Gasteiger partial charge >= 0.3 is 0 Å². The third-order valence-electron chi connectivity index (χ3n) is 2.79. The number of ketones is 1. The smallest absolute Gasteiger partial charge is 0.186 e. The molecule has 1 aromatic rings. The lowest BCUT2D eigenvalue weighted by Gasteiger charge is -2.25. The Bertz CT molecular complexity index is 385.